The summed E-state index contributed by atoms with van der Waals surface area (Å²) in [6.45, 7) is 12.6. The third-order valence-electron chi connectivity index (χ3n) is 7.44. The van der Waals surface area contributed by atoms with Crippen molar-refractivity contribution in [2.45, 2.75) is 20.4 Å². The van der Waals surface area contributed by atoms with Crippen LogP contribution in [0, 0.1) is 13.8 Å². The molecule has 2 saturated heterocycles. The number of benzene rings is 2. The van der Waals surface area contributed by atoms with Crippen LogP contribution >= 0.6 is 0 Å². The van der Waals surface area contributed by atoms with E-state index in [0.717, 1.165) is 88.0 Å². The van der Waals surface area contributed by atoms with Crippen LogP contribution < -0.4 is 26.2 Å². The Kier molecular flexibility index (Phi) is 11.8. The van der Waals surface area contributed by atoms with Gasteiger partial charge in [0.25, 0.3) is 11.1 Å². The summed E-state index contributed by atoms with van der Waals surface area (Å²) in [5.41, 5.74) is 4.35. The van der Waals surface area contributed by atoms with Crippen molar-refractivity contribution >= 4 is 17.9 Å². The molecule has 11 nitrogen and oxygen atoms in total. The van der Waals surface area contributed by atoms with Crippen LogP contribution in [0.1, 0.15) is 27.0 Å². The molecule has 4 heterocycles. The number of aromatic nitrogens is 4. The fourth-order valence-electron chi connectivity index (χ4n) is 4.84. The topological polar surface area (TPSA) is 130 Å². The second kappa shape index (κ2) is 16.1. The minimum Gasteiger partial charge on any atom is -0.354 e. The molecule has 0 saturated carbocycles. The van der Waals surface area contributed by atoms with Crippen LogP contribution in [0.3, 0.4) is 0 Å². The van der Waals surface area contributed by atoms with Crippen LogP contribution in [0.25, 0.3) is 0 Å². The average Bonchev–Trinajstić information content (AvgIpc) is 3.04. The number of aryl methyl sites for hydroxylation is 2. The highest BCUT2D eigenvalue weighted by Crippen LogP contribution is 2.15. The summed E-state index contributed by atoms with van der Waals surface area (Å²) in [6.07, 6.45) is 3.78. The molecule has 2 aliphatic heterocycles. The van der Waals surface area contributed by atoms with Crippen LogP contribution in [-0.2, 0) is 6.54 Å². The lowest BCUT2D eigenvalue weighted by Gasteiger charge is -2.35. The number of aromatic amines is 2. The van der Waals surface area contributed by atoms with Gasteiger partial charge in [-0.3, -0.25) is 19.3 Å². The molecule has 0 amide bonds. The smallest absolute Gasteiger partial charge is 0.252 e. The summed E-state index contributed by atoms with van der Waals surface area (Å²) in [5.74, 6) is 1.54. The van der Waals surface area contributed by atoms with Crippen molar-refractivity contribution in [1.29, 1.82) is 0 Å². The van der Waals surface area contributed by atoms with Crippen LogP contribution in [0.5, 0.6) is 0 Å². The van der Waals surface area contributed by atoms with E-state index in [-0.39, 0.29) is 11.1 Å². The standard InChI is InChI=1S/C16H20N4O.C8H12N4O.C8H8O/c1-13-4-2-3-5-14(13)11-19-6-8-20(9-7-19)15-10-16(21)18-12-17-15;13-8-5-7(10-6-11-8)12-3-1-9-2-4-12;1-7-4-2-3-5-8(7)6-9/h2-5,10,12H,6-9,11H2,1H3,(H,17,18,21);5-6,9H,1-4H2,(H,10,11,13);2-6H,1H3. The van der Waals surface area contributed by atoms with Gasteiger partial charge in [0, 0.05) is 76.6 Å². The lowest BCUT2D eigenvalue weighted by molar-refractivity contribution is 0.112. The van der Waals surface area contributed by atoms with Gasteiger partial charge in [-0.25, -0.2) is 9.97 Å². The zero-order valence-electron chi connectivity index (χ0n) is 24.8. The average molecular weight is 585 g/mol. The van der Waals surface area contributed by atoms with E-state index in [4.69, 9.17) is 0 Å². The quantitative estimate of drug-likeness (QED) is 0.303. The molecule has 0 bridgehead atoms. The maximum atomic E-state index is 11.3. The van der Waals surface area contributed by atoms with E-state index in [9.17, 15) is 14.4 Å². The van der Waals surface area contributed by atoms with Gasteiger partial charge < -0.3 is 25.1 Å². The molecule has 2 fully saturated rings. The van der Waals surface area contributed by atoms with Gasteiger partial charge in [0.15, 0.2) is 0 Å². The van der Waals surface area contributed by atoms with Gasteiger partial charge in [0.1, 0.15) is 17.9 Å². The number of rotatable bonds is 5. The SMILES string of the molecule is Cc1ccccc1C=O.Cc1ccccc1CN1CCN(c2cc(=O)[nH]cn2)CC1.O=c1cc(N2CCNCC2)nc[nH]1. The number of nitrogens with zero attached hydrogens (tertiary/aromatic N) is 5. The van der Waals surface area contributed by atoms with E-state index in [0.29, 0.717) is 0 Å². The lowest BCUT2D eigenvalue weighted by Crippen LogP contribution is -2.46. The van der Waals surface area contributed by atoms with Crippen molar-refractivity contribution in [3.63, 3.8) is 0 Å². The van der Waals surface area contributed by atoms with Crippen molar-refractivity contribution in [2.75, 3.05) is 62.2 Å². The molecule has 2 aliphatic rings. The summed E-state index contributed by atoms with van der Waals surface area (Å²) in [5, 5.41) is 3.24. The summed E-state index contributed by atoms with van der Waals surface area (Å²) >= 11 is 0. The van der Waals surface area contributed by atoms with Gasteiger partial charge in [0.05, 0.1) is 12.7 Å². The fraction of sp³-hybridized carbons (Fsp3) is 0.344. The van der Waals surface area contributed by atoms with Gasteiger partial charge in [-0.1, -0.05) is 48.5 Å². The number of carbonyl (C=O) groups is 1. The number of H-pyrrole nitrogens is 2. The van der Waals surface area contributed by atoms with Crippen LogP contribution in [0.15, 0.2) is 82.9 Å². The van der Waals surface area contributed by atoms with Crippen molar-refractivity contribution in [3.05, 3.63) is 116 Å². The Labute approximate surface area is 251 Å². The van der Waals surface area contributed by atoms with E-state index < -0.39 is 0 Å². The number of hydrogen-bond acceptors (Lipinski definition) is 9. The largest absolute Gasteiger partial charge is 0.354 e. The predicted molar refractivity (Wildman–Crippen MR) is 170 cm³/mol. The molecule has 2 aromatic heterocycles. The number of piperazine rings is 2. The maximum Gasteiger partial charge on any atom is 0.252 e. The Morgan fingerprint density at radius 3 is 1.77 bits per heavy atom. The minimum absolute atomic E-state index is 0.0940. The minimum atomic E-state index is -0.0951. The first kappa shape index (κ1) is 31.3. The number of anilines is 2. The Hall–Kier alpha value is -4.61. The zero-order valence-corrected chi connectivity index (χ0v) is 24.8. The van der Waals surface area contributed by atoms with E-state index in [1.165, 1.54) is 29.8 Å². The molecule has 6 rings (SSSR count). The summed E-state index contributed by atoms with van der Waals surface area (Å²) in [6, 6.07) is 19.1. The molecule has 0 unspecified atom stereocenters. The second-order valence-electron chi connectivity index (χ2n) is 10.4. The highest BCUT2D eigenvalue weighted by molar-refractivity contribution is 5.76. The second-order valence-corrected chi connectivity index (χ2v) is 10.4. The van der Waals surface area contributed by atoms with Gasteiger partial charge in [0.2, 0.25) is 0 Å². The molecule has 11 heteroatoms. The van der Waals surface area contributed by atoms with Crippen LogP contribution in [0.2, 0.25) is 0 Å². The Morgan fingerprint density at radius 2 is 1.26 bits per heavy atom. The molecule has 3 N–H and O–H groups in total. The van der Waals surface area contributed by atoms with E-state index >= 15 is 0 Å². The molecule has 0 atom stereocenters. The van der Waals surface area contributed by atoms with Crippen molar-refractivity contribution in [2.24, 2.45) is 0 Å². The summed E-state index contributed by atoms with van der Waals surface area (Å²) < 4.78 is 0. The Morgan fingerprint density at radius 1 is 0.721 bits per heavy atom. The number of carbonyl (C=O) groups excluding carboxylic acids is 1. The first-order valence-corrected chi connectivity index (χ1v) is 14.5. The summed E-state index contributed by atoms with van der Waals surface area (Å²) in [7, 11) is 0. The van der Waals surface area contributed by atoms with E-state index in [1.807, 2.05) is 31.2 Å². The Balaban J connectivity index is 0.000000163. The fourth-order valence-corrected chi connectivity index (χ4v) is 4.84. The highest BCUT2D eigenvalue weighted by Gasteiger charge is 2.18. The molecule has 0 radical (unpaired) electrons. The number of aldehydes is 1. The van der Waals surface area contributed by atoms with Gasteiger partial charge in [-0.05, 0) is 30.5 Å². The molecule has 2 aromatic carbocycles. The van der Waals surface area contributed by atoms with Crippen LogP contribution in [0.4, 0.5) is 11.6 Å². The normalized spacial score (nSPS) is 15.0. The number of hydrogen-bond donors (Lipinski definition) is 3. The highest BCUT2D eigenvalue weighted by atomic mass is 16.1. The maximum absolute atomic E-state index is 11.3. The molecule has 0 aliphatic carbocycles. The third-order valence-corrected chi connectivity index (χ3v) is 7.44. The monoisotopic (exact) mass is 584 g/mol. The lowest BCUT2D eigenvalue weighted by atomic mass is 10.1. The van der Waals surface area contributed by atoms with Crippen LogP contribution in [-0.4, -0.2) is 83.5 Å². The molecule has 4 aromatic rings. The predicted octanol–water partition coefficient (Wildman–Crippen LogP) is 2.39. The molecule has 226 valence electrons. The molecular formula is C32H40N8O3. The summed E-state index contributed by atoms with van der Waals surface area (Å²) in [4.78, 5) is 52.7. The van der Waals surface area contributed by atoms with E-state index in [1.54, 1.807) is 6.07 Å². The number of nitrogens with one attached hydrogen (secondary N) is 3. The van der Waals surface area contributed by atoms with Crippen molar-refractivity contribution < 1.29 is 4.79 Å². The molecule has 43 heavy (non-hydrogen) atoms. The molecule has 0 spiro atoms. The van der Waals surface area contributed by atoms with E-state index in [2.05, 4.69) is 71.1 Å². The van der Waals surface area contributed by atoms with Crippen molar-refractivity contribution in [1.82, 2.24) is 30.2 Å². The van der Waals surface area contributed by atoms with Gasteiger partial charge in [-0.2, -0.15) is 0 Å². The van der Waals surface area contributed by atoms with Crippen molar-refractivity contribution in [3.8, 4) is 0 Å². The third kappa shape index (κ3) is 9.73. The molecular weight excluding hydrogens is 544 g/mol. The van der Waals surface area contributed by atoms with Gasteiger partial charge in [-0.15, -0.1) is 0 Å². The zero-order chi connectivity index (χ0) is 30.4. The first-order chi connectivity index (χ1) is 20.9. The van der Waals surface area contributed by atoms with Gasteiger partial charge >= 0.3 is 0 Å². The Bertz CT molecular complexity index is 1560. The first-order valence-electron chi connectivity index (χ1n) is 14.5.